The Morgan fingerprint density at radius 1 is 1.13 bits per heavy atom. The molecule has 1 aromatic carbocycles. The van der Waals surface area contributed by atoms with Crippen LogP contribution in [0.1, 0.15) is 24.1 Å². The summed E-state index contributed by atoms with van der Waals surface area (Å²) in [5.41, 5.74) is 4.93. The molecule has 0 unspecified atom stereocenters. The van der Waals surface area contributed by atoms with E-state index in [2.05, 4.69) is 41.0 Å². The number of aryl methyl sites for hydroxylation is 3. The number of halogens is 1. The summed E-state index contributed by atoms with van der Waals surface area (Å²) in [5.74, 6) is 1.64. The van der Waals surface area contributed by atoms with Crippen LogP contribution in [0.3, 0.4) is 0 Å². The van der Waals surface area contributed by atoms with Gasteiger partial charge < -0.3 is 25.7 Å². The monoisotopic (exact) mass is 611 g/mol. The van der Waals surface area contributed by atoms with Gasteiger partial charge in [-0.2, -0.15) is 10.1 Å². The van der Waals surface area contributed by atoms with Gasteiger partial charge in [0.1, 0.15) is 6.10 Å². The van der Waals surface area contributed by atoms with Crippen LogP contribution < -0.4 is 20.7 Å². The van der Waals surface area contributed by atoms with Crippen LogP contribution >= 0.6 is 0 Å². The van der Waals surface area contributed by atoms with Crippen LogP contribution in [0.15, 0.2) is 48.9 Å². The molecule has 7 rings (SSSR count). The number of hydrogen-bond acceptors (Lipinski definition) is 10. The second-order valence-corrected chi connectivity index (χ2v) is 11.6. The molecule has 4 aromatic heterocycles. The lowest BCUT2D eigenvalue weighted by atomic mass is 10.1. The van der Waals surface area contributed by atoms with Gasteiger partial charge in [-0.3, -0.25) is 14.4 Å². The first kappa shape index (κ1) is 28.6. The van der Waals surface area contributed by atoms with Crippen molar-refractivity contribution in [1.82, 2.24) is 39.6 Å². The highest BCUT2D eigenvalue weighted by molar-refractivity contribution is 6.06. The van der Waals surface area contributed by atoms with E-state index < -0.39 is 12.3 Å². The Kier molecular flexibility index (Phi) is 7.49. The number of amides is 1. The van der Waals surface area contributed by atoms with Gasteiger partial charge in [0.05, 0.1) is 23.4 Å². The molecule has 0 radical (unpaired) electrons. The lowest BCUT2D eigenvalue weighted by molar-refractivity contribution is -0.117. The van der Waals surface area contributed by atoms with Gasteiger partial charge in [0.2, 0.25) is 23.7 Å². The standard InChI is InChI=1S/C31H34FN11O2/c1-17-12-35-31(38-25-11-18(2)42(3)41-25)40-28(17)21-13-34-29-20(21)5-4-6-23(29)37-26(44)16-43-14-22(32)24(15-43)45-27-9-10-33-30(39-27)36-19-7-8-19/h4-6,9-13,19,22,24,34H,7-8,14-16H2,1-3H3,(H,37,44)(H,33,36,39)(H,35,38,40,41)/t22-,24-/m1/s1. The number of ether oxygens (including phenoxy) is 1. The number of para-hydroxylation sites is 1. The second kappa shape index (κ2) is 11.8. The van der Waals surface area contributed by atoms with Crippen molar-refractivity contribution in [3.05, 3.63) is 60.2 Å². The summed E-state index contributed by atoms with van der Waals surface area (Å²) in [7, 11) is 1.88. The number of benzene rings is 1. The van der Waals surface area contributed by atoms with Crippen molar-refractivity contribution < 1.29 is 13.9 Å². The van der Waals surface area contributed by atoms with Crippen LogP contribution in [0, 0.1) is 13.8 Å². The number of nitrogens with zero attached hydrogens (tertiary/aromatic N) is 7. The van der Waals surface area contributed by atoms with E-state index in [9.17, 15) is 9.18 Å². The van der Waals surface area contributed by atoms with Crippen LogP contribution in [0.25, 0.3) is 22.2 Å². The maximum Gasteiger partial charge on any atom is 0.238 e. The summed E-state index contributed by atoms with van der Waals surface area (Å²) in [6, 6.07) is 9.63. The minimum Gasteiger partial charge on any atom is -0.470 e. The molecule has 4 N–H and O–H groups in total. The number of rotatable bonds is 10. The van der Waals surface area contributed by atoms with Gasteiger partial charge >= 0.3 is 0 Å². The van der Waals surface area contributed by atoms with Crippen molar-refractivity contribution in [3.63, 3.8) is 0 Å². The molecule has 13 nitrogen and oxygen atoms in total. The van der Waals surface area contributed by atoms with Gasteiger partial charge in [0.25, 0.3) is 0 Å². The first-order chi connectivity index (χ1) is 21.8. The Balaban J connectivity index is 1.02. The van der Waals surface area contributed by atoms with Crippen molar-refractivity contribution >= 4 is 40.2 Å². The molecule has 1 saturated heterocycles. The molecule has 0 bridgehead atoms. The molecule has 232 valence electrons. The number of alkyl halides is 1. The third-order valence-electron chi connectivity index (χ3n) is 8.02. The van der Waals surface area contributed by atoms with E-state index in [0.717, 1.165) is 46.3 Å². The lowest BCUT2D eigenvalue weighted by Gasteiger charge is -2.16. The first-order valence-corrected chi connectivity index (χ1v) is 14.9. The summed E-state index contributed by atoms with van der Waals surface area (Å²) in [4.78, 5) is 35.9. The number of nitrogens with one attached hydrogen (secondary N) is 4. The average molecular weight is 612 g/mol. The number of fused-ring (bicyclic) bond motifs is 1. The highest BCUT2D eigenvalue weighted by Gasteiger charge is 2.36. The van der Waals surface area contributed by atoms with E-state index in [0.29, 0.717) is 35.3 Å². The van der Waals surface area contributed by atoms with Gasteiger partial charge in [-0.25, -0.2) is 19.3 Å². The van der Waals surface area contributed by atoms with Gasteiger partial charge in [0, 0.05) is 73.5 Å². The number of carbonyl (C=O) groups is 1. The van der Waals surface area contributed by atoms with Crippen molar-refractivity contribution in [2.75, 3.05) is 35.6 Å². The number of aromatic nitrogens is 7. The molecular formula is C31H34FN11O2. The number of H-pyrrole nitrogens is 1. The first-order valence-electron chi connectivity index (χ1n) is 14.9. The molecule has 14 heteroatoms. The minimum absolute atomic E-state index is 0.0233. The van der Waals surface area contributed by atoms with Gasteiger partial charge in [0.15, 0.2) is 12.0 Å². The van der Waals surface area contributed by atoms with Crippen molar-refractivity contribution in [2.45, 2.75) is 45.0 Å². The van der Waals surface area contributed by atoms with Crippen LogP contribution in [0.5, 0.6) is 5.88 Å². The molecular weight excluding hydrogens is 577 g/mol. The zero-order valence-corrected chi connectivity index (χ0v) is 25.2. The van der Waals surface area contributed by atoms with Crippen molar-refractivity contribution in [3.8, 4) is 17.1 Å². The summed E-state index contributed by atoms with van der Waals surface area (Å²) in [6.45, 7) is 4.31. The van der Waals surface area contributed by atoms with E-state index in [4.69, 9.17) is 9.72 Å². The van der Waals surface area contributed by atoms with E-state index in [1.807, 2.05) is 51.4 Å². The van der Waals surface area contributed by atoms with Gasteiger partial charge in [-0.05, 0) is 38.3 Å². The topological polar surface area (TPSA) is 151 Å². The fraction of sp³-hybridized carbons (Fsp3) is 0.355. The zero-order valence-electron chi connectivity index (χ0n) is 25.2. The highest BCUT2D eigenvalue weighted by Crippen LogP contribution is 2.33. The SMILES string of the molecule is Cc1cnc(Nc2cc(C)n(C)n2)nc1-c1c[nH]c2c(NC(=O)CN3C[C@@H](F)[C@H](Oc4ccnc(NC5CC5)n4)C3)cccc12. The molecule has 1 aliphatic carbocycles. The molecule has 0 spiro atoms. The number of anilines is 4. The van der Waals surface area contributed by atoms with Crippen molar-refractivity contribution in [2.24, 2.45) is 7.05 Å². The van der Waals surface area contributed by atoms with Crippen molar-refractivity contribution in [1.29, 1.82) is 0 Å². The van der Waals surface area contributed by atoms with E-state index >= 15 is 0 Å². The van der Waals surface area contributed by atoms with E-state index in [1.165, 1.54) is 0 Å². The maximum atomic E-state index is 14.9. The number of hydrogen-bond donors (Lipinski definition) is 4. The molecule has 2 atom stereocenters. The Bertz CT molecular complexity index is 1850. The fourth-order valence-corrected chi connectivity index (χ4v) is 5.45. The van der Waals surface area contributed by atoms with Crippen LogP contribution in [-0.2, 0) is 11.8 Å². The second-order valence-electron chi connectivity index (χ2n) is 11.6. The molecule has 5 heterocycles. The van der Waals surface area contributed by atoms with Crippen LogP contribution in [0.4, 0.5) is 27.8 Å². The molecule has 2 fully saturated rings. The van der Waals surface area contributed by atoms with Gasteiger partial charge in [-0.15, -0.1) is 0 Å². The molecule has 5 aromatic rings. The van der Waals surface area contributed by atoms with Crippen LogP contribution in [-0.4, -0.2) is 83.5 Å². The normalized spacial score (nSPS) is 18.3. The Labute approximate surface area is 258 Å². The summed E-state index contributed by atoms with van der Waals surface area (Å²) in [5, 5.41) is 14.7. The van der Waals surface area contributed by atoms with E-state index in [1.54, 1.807) is 28.0 Å². The maximum absolute atomic E-state index is 14.9. The summed E-state index contributed by atoms with van der Waals surface area (Å²) >= 11 is 0. The summed E-state index contributed by atoms with van der Waals surface area (Å²) < 4.78 is 22.5. The molecule has 1 aliphatic heterocycles. The zero-order chi connectivity index (χ0) is 31.1. The quantitative estimate of drug-likeness (QED) is 0.182. The third-order valence-corrected chi connectivity index (χ3v) is 8.02. The smallest absolute Gasteiger partial charge is 0.238 e. The fourth-order valence-electron chi connectivity index (χ4n) is 5.45. The molecule has 1 saturated carbocycles. The average Bonchev–Trinajstić information content (AvgIpc) is 3.47. The number of likely N-dealkylation sites (tertiary alicyclic amines) is 1. The number of aromatic amines is 1. The van der Waals surface area contributed by atoms with E-state index in [-0.39, 0.29) is 25.5 Å². The number of carbonyl (C=O) groups excluding carboxylic acids is 1. The molecule has 1 amide bonds. The van der Waals surface area contributed by atoms with Gasteiger partial charge in [-0.1, -0.05) is 12.1 Å². The Hall–Kier alpha value is -5.11. The van der Waals surface area contributed by atoms with Crippen LogP contribution in [0.2, 0.25) is 0 Å². The lowest BCUT2D eigenvalue weighted by Crippen LogP contribution is -2.33. The summed E-state index contributed by atoms with van der Waals surface area (Å²) in [6.07, 6.45) is 5.44. The highest BCUT2D eigenvalue weighted by atomic mass is 19.1. The largest absolute Gasteiger partial charge is 0.470 e. The molecule has 2 aliphatic rings. The Morgan fingerprint density at radius 3 is 2.80 bits per heavy atom. The Morgan fingerprint density at radius 2 is 2.00 bits per heavy atom. The predicted molar refractivity (Wildman–Crippen MR) is 168 cm³/mol. The molecule has 45 heavy (non-hydrogen) atoms. The predicted octanol–water partition coefficient (Wildman–Crippen LogP) is 4.12. The third kappa shape index (κ3) is 6.27. The minimum atomic E-state index is -1.25.